The van der Waals surface area contributed by atoms with Gasteiger partial charge >= 0.3 is 0 Å². The summed E-state index contributed by atoms with van der Waals surface area (Å²) in [6.45, 7) is 50.5. The maximum absolute atomic E-state index is 9.59. The molecule has 0 aromatic carbocycles. The fourth-order valence-electron chi connectivity index (χ4n) is 5.40. The summed E-state index contributed by atoms with van der Waals surface area (Å²) < 4.78 is 34.8. The highest BCUT2D eigenvalue weighted by Gasteiger charge is 2.62. The summed E-state index contributed by atoms with van der Waals surface area (Å²) in [4.78, 5) is 0. The highest BCUT2D eigenvalue weighted by Crippen LogP contribution is 2.57. The molecule has 0 aliphatic carbocycles. The van der Waals surface area contributed by atoms with Gasteiger partial charge < -0.3 is 27.5 Å². The second-order valence-corrected chi connectivity index (χ2v) is 39.3. The minimum Gasteiger partial charge on any atom is -0.415 e. The molecule has 0 rings (SSSR count). The van der Waals surface area contributed by atoms with Crippen molar-refractivity contribution < 1.29 is 27.5 Å². The molecule has 0 aromatic rings. The molecule has 0 saturated heterocycles. The minimum atomic E-state index is -2.75. The Balaban J connectivity index is 6.77. The Morgan fingerprint density at radius 2 is 1.00 bits per heavy atom. The fraction of sp³-hybridized carbons (Fsp3) is 1.00. The third-order valence-electron chi connectivity index (χ3n) is 11.4. The molecule has 1 atom stereocenters. The fourth-order valence-corrected chi connectivity index (χ4v) is 19.6. The van der Waals surface area contributed by atoms with E-state index in [0.29, 0.717) is 12.8 Å². The standard InChI is InChI=1S/C31H74O6Si5/c1-26(2,28(5,6)40(18,19)36-30(9,10)38(13)14)35-42(22,25-33-24-23-32)29(7,8)27(3,4)34-41(20,21)31(11,12)37-39(15,16)17/h32,38H,23-25H2,1-22H3. The number of ether oxygens (including phenoxy) is 1. The van der Waals surface area contributed by atoms with Crippen LogP contribution in [0.2, 0.25) is 75.5 Å². The van der Waals surface area contributed by atoms with Crippen LogP contribution in [0.3, 0.4) is 0 Å². The van der Waals surface area contributed by atoms with Gasteiger partial charge in [-0.05, 0) is 108 Å². The van der Waals surface area contributed by atoms with Gasteiger partial charge in [-0.15, -0.1) is 0 Å². The molecule has 0 aliphatic rings. The van der Waals surface area contributed by atoms with Crippen LogP contribution in [0.15, 0.2) is 0 Å². The molecule has 6 nitrogen and oxygen atoms in total. The van der Waals surface area contributed by atoms with Gasteiger partial charge in [0, 0.05) is 15.3 Å². The van der Waals surface area contributed by atoms with Crippen molar-refractivity contribution in [2.45, 2.75) is 180 Å². The lowest BCUT2D eigenvalue weighted by Gasteiger charge is -2.60. The van der Waals surface area contributed by atoms with E-state index in [0.717, 1.165) is 0 Å². The predicted molar refractivity (Wildman–Crippen MR) is 195 cm³/mol. The third-order valence-corrected chi connectivity index (χ3v) is 29.5. The number of hydrogen-bond donors (Lipinski definition) is 1. The van der Waals surface area contributed by atoms with Crippen LogP contribution < -0.4 is 0 Å². The van der Waals surface area contributed by atoms with Gasteiger partial charge in [0.05, 0.1) is 44.7 Å². The smallest absolute Gasteiger partial charge is 0.223 e. The van der Waals surface area contributed by atoms with Gasteiger partial charge in [-0.3, -0.25) is 0 Å². The van der Waals surface area contributed by atoms with Crippen molar-refractivity contribution in [3.63, 3.8) is 0 Å². The zero-order valence-corrected chi connectivity index (χ0v) is 37.3. The molecule has 42 heavy (non-hydrogen) atoms. The van der Waals surface area contributed by atoms with Crippen molar-refractivity contribution in [2.75, 3.05) is 19.4 Å². The van der Waals surface area contributed by atoms with E-state index in [1.807, 2.05) is 0 Å². The Kier molecular flexibility index (Phi) is 13.8. The predicted octanol–water partition coefficient (Wildman–Crippen LogP) is 8.66. The second-order valence-electron chi connectivity index (χ2n) is 18.1. The van der Waals surface area contributed by atoms with Gasteiger partial charge in [-0.25, -0.2) is 0 Å². The Labute approximate surface area is 268 Å². The van der Waals surface area contributed by atoms with Crippen LogP contribution in [0.5, 0.6) is 0 Å². The van der Waals surface area contributed by atoms with Crippen molar-refractivity contribution >= 4 is 42.1 Å². The van der Waals surface area contributed by atoms with Gasteiger partial charge in [0.1, 0.15) is 0 Å². The van der Waals surface area contributed by atoms with Crippen LogP contribution in [-0.4, -0.2) is 88.3 Å². The summed E-state index contributed by atoms with van der Waals surface area (Å²) in [5.74, 6) is 0. The zero-order chi connectivity index (χ0) is 34.2. The van der Waals surface area contributed by atoms with Gasteiger partial charge in [0.15, 0.2) is 16.6 Å². The molecule has 0 saturated carbocycles. The van der Waals surface area contributed by atoms with Crippen LogP contribution in [0.25, 0.3) is 0 Å². The van der Waals surface area contributed by atoms with E-state index in [1.54, 1.807) is 0 Å². The van der Waals surface area contributed by atoms with Crippen molar-refractivity contribution in [3.05, 3.63) is 0 Å². The summed E-state index contributed by atoms with van der Waals surface area (Å²) in [7, 11) is -10.2. The first-order valence-electron chi connectivity index (χ1n) is 16.1. The first-order chi connectivity index (χ1) is 18.1. The molecular weight excluding hydrogens is 609 g/mol. The molecule has 0 bridgehead atoms. The lowest BCUT2D eigenvalue weighted by Crippen LogP contribution is -2.68. The molecule has 254 valence electrons. The molecular formula is C31H74O6Si5. The molecule has 11 heteroatoms. The summed E-state index contributed by atoms with van der Waals surface area (Å²) in [5, 5.41) is 8.58. The van der Waals surface area contributed by atoms with Gasteiger partial charge in [0.25, 0.3) is 0 Å². The Morgan fingerprint density at radius 1 is 0.571 bits per heavy atom. The Bertz CT molecular complexity index is 876. The Morgan fingerprint density at radius 3 is 1.38 bits per heavy atom. The quantitative estimate of drug-likeness (QED) is 0.115. The van der Waals surface area contributed by atoms with Crippen molar-refractivity contribution in [1.82, 2.24) is 0 Å². The molecule has 0 amide bonds. The summed E-state index contributed by atoms with van der Waals surface area (Å²) in [6.07, 6.45) is 0.469. The SMILES string of the molecule is C[SiH](C)C(C)(C)O[Si](C)(C)C(C)(C)C(C)(C)O[Si](C)(COCCO)C(C)(C)C(C)(C)O[Si](C)(C)C(C)(C)O[Si](C)(C)C. The topological polar surface area (TPSA) is 66.4 Å². The molecule has 0 radical (unpaired) electrons. The van der Waals surface area contributed by atoms with Crippen molar-refractivity contribution in [2.24, 2.45) is 0 Å². The molecule has 0 aromatic heterocycles. The molecule has 0 fully saturated rings. The molecule has 0 heterocycles. The second kappa shape index (κ2) is 13.5. The number of aliphatic hydroxyl groups excluding tert-OH is 1. The molecule has 1 N–H and O–H groups in total. The monoisotopic (exact) mass is 682 g/mol. The zero-order valence-electron chi connectivity index (χ0n) is 32.2. The normalized spacial score (nSPS) is 17.1. The third kappa shape index (κ3) is 9.68. The molecule has 0 aliphatic heterocycles. The van der Waals surface area contributed by atoms with E-state index in [2.05, 4.69) is 149 Å². The largest absolute Gasteiger partial charge is 0.415 e. The minimum absolute atomic E-state index is 0.0101. The number of aliphatic hydroxyl groups is 1. The van der Waals surface area contributed by atoms with Crippen LogP contribution in [-0.2, 0) is 22.4 Å². The average Bonchev–Trinajstić information content (AvgIpc) is 2.69. The van der Waals surface area contributed by atoms with E-state index in [-0.39, 0.29) is 27.1 Å². The lowest BCUT2D eigenvalue weighted by molar-refractivity contribution is -0.0140. The Hall–Kier alpha value is 0.844. The lowest BCUT2D eigenvalue weighted by atomic mass is 9.93. The highest BCUT2D eigenvalue weighted by molar-refractivity contribution is 6.78. The summed E-state index contributed by atoms with van der Waals surface area (Å²) in [5.41, 5.74) is -1.03. The first-order valence-corrected chi connectivity index (χ1v) is 30.8. The van der Waals surface area contributed by atoms with Crippen molar-refractivity contribution in [3.8, 4) is 0 Å². The van der Waals surface area contributed by atoms with E-state index in [1.165, 1.54) is 0 Å². The van der Waals surface area contributed by atoms with E-state index in [9.17, 15) is 5.11 Å². The average molecular weight is 683 g/mol. The number of rotatable bonds is 18. The van der Waals surface area contributed by atoms with Gasteiger partial charge in [-0.1, -0.05) is 40.8 Å². The van der Waals surface area contributed by atoms with E-state index >= 15 is 0 Å². The van der Waals surface area contributed by atoms with E-state index in [4.69, 9.17) is 22.4 Å². The summed E-state index contributed by atoms with van der Waals surface area (Å²) >= 11 is 0. The summed E-state index contributed by atoms with van der Waals surface area (Å²) in [6, 6.07) is 0. The number of hydrogen-bond acceptors (Lipinski definition) is 6. The van der Waals surface area contributed by atoms with Crippen LogP contribution in [0, 0.1) is 0 Å². The molecule has 0 spiro atoms. The van der Waals surface area contributed by atoms with Crippen LogP contribution in [0.4, 0.5) is 0 Å². The van der Waals surface area contributed by atoms with Crippen LogP contribution >= 0.6 is 0 Å². The highest BCUT2D eigenvalue weighted by atomic mass is 28.4. The molecule has 1 unspecified atom stereocenters. The first kappa shape index (κ1) is 42.8. The van der Waals surface area contributed by atoms with Crippen LogP contribution in [0.1, 0.15) is 83.1 Å². The van der Waals surface area contributed by atoms with Gasteiger partial charge in [-0.2, -0.15) is 0 Å². The van der Waals surface area contributed by atoms with E-state index < -0.39 is 53.3 Å². The maximum atomic E-state index is 9.59. The van der Waals surface area contributed by atoms with Gasteiger partial charge in [0.2, 0.25) is 16.6 Å². The van der Waals surface area contributed by atoms with Crippen molar-refractivity contribution in [1.29, 1.82) is 0 Å². The maximum Gasteiger partial charge on any atom is 0.223 e.